The van der Waals surface area contributed by atoms with Gasteiger partial charge in [0.05, 0.1) is 0 Å². The molecule has 2 aliphatic rings. The van der Waals surface area contributed by atoms with Gasteiger partial charge in [0.2, 0.25) is 0 Å². The molecule has 42 heavy (non-hydrogen) atoms. The van der Waals surface area contributed by atoms with E-state index in [1.165, 1.54) is 55.3 Å². The van der Waals surface area contributed by atoms with Gasteiger partial charge in [0.1, 0.15) is 12.4 Å². The van der Waals surface area contributed by atoms with Crippen molar-refractivity contribution in [3.8, 4) is 5.75 Å². The first-order valence-corrected chi connectivity index (χ1v) is 16.3. The second-order valence-electron chi connectivity index (χ2n) is 12.3. The molecular weight excluding hydrogens is 518 g/mol. The van der Waals surface area contributed by atoms with Crippen molar-refractivity contribution < 1.29 is 9.53 Å². The quantitative estimate of drug-likeness (QED) is 0.292. The normalized spacial score (nSPS) is 17.9. The van der Waals surface area contributed by atoms with E-state index in [2.05, 4.69) is 76.2 Å². The van der Waals surface area contributed by atoms with Crippen molar-refractivity contribution in [3.63, 3.8) is 0 Å². The van der Waals surface area contributed by atoms with Crippen LogP contribution in [0.15, 0.2) is 78.9 Å². The Kier molecular flexibility index (Phi) is 11.3. The fourth-order valence-electron chi connectivity index (χ4n) is 6.29. The fourth-order valence-corrected chi connectivity index (χ4v) is 6.29. The molecule has 1 amide bonds. The number of likely N-dealkylation sites (tertiary alicyclic amines) is 1. The molecule has 5 rings (SSSR count). The predicted molar refractivity (Wildman–Crippen MR) is 173 cm³/mol. The molecule has 224 valence electrons. The summed E-state index contributed by atoms with van der Waals surface area (Å²) < 4.78 is 6.15. The Morgan fingerprint density at radius 2 is 1.50 bits per heavy atom. The third kappa shape index (κ3) is 8.84. The van der Waals surface area contributed by atoms with Crippen LogP contribution in [-0.4, -0.2) is 55.0 Å². The molecular formula is C37H49N3O2. The molecule has 2 aliphatic heterocycles. The summed E-state index contributed by atoms with van der Waals surface area (Å²) in [6, 6.07) is 27.2. The summed E-state index contributed by atoms with van der Waals surface area (Å²) in [6.07, 6.45) is 9.66. The molecule has 1 fully saturated rings. The van der Waals surface area contributed by atoms with Gasteiger partial charge in [0, 0.05) is 44.0 Å². The van der Waals surface area contributed by atoms with Crippen LogP contribution in [0.25, 0.3) is 0 Å². The number of piperidine rings is 1. The molecule has 0 aliphatic carbocycles. The topological polar surface area (TPSA) is 36.0 Å². The highest BCUT2D eigenvalue weighted by Crippen LogP contribution is 2.27. The van der Waals surface area contributed by atoms with E-state index in [1.807, 2.05) is 24.3 Å². The highest BCUT2D eigenvalue weighted by molar-refractivity contribution is 5.94. The number of nitrogens with zero attached hydrogens (tertiary/aromatic N) is 3. The van der Waals surface area contributed by atoms with Gasteiger partial charge in [0.25, 0.3) is 5.91 Å². The first kappa shape index (κ1) is 30.2. The average molecular weight is 568 g/mol. The lowest BCUT2D eigenvalue weighted by atomic mass is 9.99. The molecule has 0 unspecified atom stereocenters. The Bertz CT molecular complexity index is 1240. The van der Waals surface area contributed by atoms with Gasteiger partial charge in [-0.25, -0.2) is 0 Å². The summed E-state index contributed by atoms with van der Waals surface area (Å²) in [4.78, 5) is 21.1. The smallest absolute Gasteiger partial charge is 0.254 e. The van der Waals surface area contributed by atoms with Gasteiger partial charge in [-0.15, -0.1) is 0 Å². The number of rotatable bonds is 7. The van der Waals surface area contributed by atoms with Crippen LogP contribution in [0.3, 0.4) is 0 Å². The van der Waals surface area contributed by atoms with Crippen LogP contribution < -0.4 is 9.64 Å². The van der Waals surface area contributed by atoms with Crippen molar-refractivity contribution in [2.45, 2.75) is 71.4 Å². The summed E-state index contributed by atoms with van der Waals surface area (Å²) in [6.45, 7) is 9.52. The second-order valence-corrected chi connectivity index (χ2v) is 12.3. The molecule has 5 heteroatoms. The molecule has 3 aromatic rings. The van der Waals surface area contributed by atoms with Crippen LogP contribution in [0.5, 0.6) is 5.75 Å². The lowest BCUT2D eigenvalue weighted by molar-refractivity contribution is 0.0739. The van der Waals surface area contributed by atoms with Crippen molar-refractivity contribution in [2.24, 2.45) is 5.92 Å². The molecule has 0 spiro atoms. The minimum atomic E-state index is 0.0877. The van der Waals surface area contributed by atoms with Crippen molar-refractivity contribution in [2.75, 3.05) is 44.2 Å². The standard InChI is InChI=1S/C37H49N3O2/c1-31-20-24-38(25-21-31)26-27-42-35-18-13-17-33(28-35)37(41)40-23-12-5-3-2-4-11-22-39(29-32-14-7-6-8-15-32)36-19-10-9-16-34(36)30-40/h6-10,13-19,28,31H,2-5,11-12,20-27,29-30H2,1H3. The summed E-state index contributed by atoms with van der Waals surface area (Å²) >= 11 is 0. The van der Waals surface area contributed by atoms with Crippen LogP contribution in [0.1, 0.15) is 79.8 Å². The van der Waals surface area contributed by atoms with Crippen molar-refractivity contribution in [1.82, 2.24) is 9.80 Å². The van der Waals surface area contributed by atoms with Crippen LogP contribution in [0.2, 0.25) is 0 Å². The van der Waals surface area contributed by atoms with Gasteiger partial charge in [-0.05, 0) is 80.1 Å². The lowest BCUT2D eigenvalue weighted by Gasteiger charge is -2.30. The van der Waals surface area contributed by atoms with E-state index in [1.54, 1.807) is 0 Å². The monoisotopic (exact) mass is 567 g/mol. The first-order chi connectivity index (χ1) is 20.7. The average Bonchev–Trinajstić information content (AvgIpc) is 3.04. The number of para-hydroxylation sites is 1. The minimum absolute atomic E-state index is 0.0877. The van der Waals surface area contributed by atoms with Gasteiger partial charge in [-0.1, -0.05) is 87.2 Å². The zero-order chi connectivity index (χ0) is 29.0. The molecule has 0 atom stereocenters. The van der Waals surface area contributed by atoms with E-state index in [9.17, 15) is 4.79 Å². The van der Waals surface area contributed by atoms with Crippen LogP contribution in [0, 0.1) is 5.92 Å². The van der Waals surface area contributed by atoms with Gasteiger partial charge in [-0.3, -0.25) is 9.69 Å². The number of anilines is 1. The molecule has 3 aromatic carbocycles. The van der Waals surface area contributed by atoms with Gasteiger partial charge in [-0.2, -0.15) is 0 Å². The second kappa shape index (κ2) is 15.8. The van der Waals surface area contributed by atoms with Gasteiger partial charge >= 0.3 is 0 Å². The van der Waals surface area contributed by atoms with E-state index in [-0.39, 0.29) is 5.91 Å². The van der Waals surface area contributed by atoms with Crippen LogP contribution >= 0.6 is 0 Å². The molecule has 0 N–H and O–H groups in total. The maximum atomic E-state index is 14.0. The lowest BCUT2D eigenvalue weighted by Crippen LogP contribution is -2.35. The van der Waals surface area contributed by atoms with Gasteiger partial charge < -0.3 is 14.5 Å². The molecule has 2 heterocycles. The summed E-state index contributed by atoms with van der Waals surface area (Å²) in [5, 5.41) is 0. The van der Waals surface area contributed by atoms with Crippen LogP contribution in [-0.2, 0) is 13.1 Å². The zero-order valence-electron chi connectivity index (χ0n) is 25.6. The third-order valence-corrected chi connectivity index (χ3v) is 8.94. The molecule has 5 nitrogen and oxygen atoms in total. The van der Waals surface area contributed by atoms with Crippen molar-refractivity contribution >= 4 is 11.6 Å². The van der Waals surface area contributed by atoms with E-state index < -0.39 is 0 Å². The third-order valence-electron chi connectivity index (χ3n) is 8.94. The van der Waals surface area contributed by atoms with Crippen molar-refractivity contribution in [1.29, 1.82) is 0 Å². The number of fused-ring (bicyclic) bond motifs is 1. The fraction of sp³-hybridized carbons (Fsp3) is 0.486. The highest BCUT2D eigenvalue weighted by Gasteiger charge is 2.21. The maximum absolute atomic E-state index is 14.0. The van der Waals surface area contributed by atoms with Gasteiger partial charge in [0.15, 0.2) is 0 Å². The van der Waals surface area contributed by atoms with E-state index in [0.29, 0.717) is 18.7 Å². The van der Waals surface area contributed by atoms with E-state index >= 15 is 0 Å². The number of amides is 1. The van der Waals surface area contributed by atoms with Crippen molar-refractivity contribution in [3.05, 3.63) is 95.6 Å². The Hall–Kier alpha value is -3.31. The zero-order valence-corrected chi connectivity index (χ0v) is 25.6. The number of benzene rings is 3. The number of ether oxygens (including phenoxy) is 1. The summed E-state index contributed by atoms with van der Waals surface area (Å²) in [5.41, 5.74) is 4.48. The highest BCUT2D eigenvalue weighted by atomic mass is 16.5. The summed E-state index contributed by atoms with van der Waals surface area (Å²) in [7, 11) is 0. The van der Waals surface area contributed by atoms with Crippen LogP contribution in [0.4, 0.5) is 5.69 Å². The maximum Gasteiger partial charge on any atom is 0.254 e. The minimum Gasteiger partial charge on any atom is -0.492 e. The molecule has 1 saturated heterocycles. The number of hydrogen-bond acceptors (Lipinski definition) is 4. The molecule has 0 saturated carbocycles. The number of carbonyl (C=O) groups is 1. The summed E-state index contributed by atoms with van der Waals surface area (Å²) in [5.74, 6) is 1.70. The number of carbonyl (C=O) groups excluding carboxylic acids is 1. The largest absolute Gasteiger partial charge is 0.492 e. The Morgan fingerprint density at radius 1 is 0.786 bits per heavy atom. The molecule has 0 bridgehead atoms. The number of hydrogen-bond donors (Lipinski definition) is 0. The SMILES string of the molecule is CC1CCN(CCOc2cccc(C(=O)N3CCCCCCCCN(Cc4ccccc4)c4ccccc4C3)c2)CC1. The van der Waals surface area contributed by atoms with E-state index in [4.69, 9.17) is 4.74 Å². The molecule has 0 radical (unpaired) electrons. The predicted octanol–water partition coefficient (Wildman–Crippen LogP) is 7.80. The Morgan fingerprint density at radius 3 is 2.31 bits per heavy atom. The molecule has 0 aromatic heterocycles. The Balaban J connectivity index is 1.30. The van der Waals surface area contributed by atoms with E-state index in [0.717, 1.165) is 63.8 Å². The first-order valence-electron chi connectivity index (χ1n) is 16.3. The Labute approximate surface area is 253 Å².